The van der Waals surface area contributed by atoms with E-state index in [9.17, 15) is 4.79 Å². The van der Waals surface area contributed by atoms with Crippen molar-refractivity contribution < 1.29 is 4.79 Å². The van der Waals surface area contributed by atoms with Gasteiger partial charge in [0, 0.05) is 11.8 Å². The molecular formula is C33H36OP+. The molecule has 2 heteroatoms. The van der Waals surface area contributed by atoms with Crippen molar-refractivity contribution in [3.63, 3.8) is 0 Å². The van der Waals surface area contributed by atoms with Gasteiger partial charge in [-0.15, -0.1) is 0 Å². The Balaban J connectivity index is 1.77. The molecule has 0 N–H and O–H groups in total. The zero-order chi connectivity index (χ0) is 24.9. The van der Waals surface area contributed by atoms with E-state index in [0.717, 1.165) is 12.6 Å². The first-order valence-electron chi connectivity index (χ1n) is 12.5. The van der Waals surface area contributed by atoms with Crippen molar-refractivity contribution in [2.75, 3.05) is 6.16 Å². The van der Waals surface area contributed by atoms with Crippen LogP contribution in [0.5, 0.6) is 0 Å². The van der Waals surface area contributed by atoms with Crippen molar-refractivity contribution in [1.82, 2.24) is 0 Å². The van der Waals surface area contributed by atoms with Gasteiger partial charge in [-0.3, -0.25) is 4.79 Å². The second kappa shape index (κ2) is 10.7. The lowest BCUT2D eigenvalue weighted by atomic mass is 9.71. The van der Waals surface area contributed by atoms with Gasteiger partial charge in [0.15, 0.2) is 0 Å². The summed E-state index contributed by atoms with van der Waals surface area (Å²) in [7, 11) is -1.89. The number of hydrogen-bond donors (Lipinski definition) is 0. The molecule has 3 aromatic carbocycles. The molecule has 0 saturated carbocycles. The standard InChI is InChI=1S/C33H36OP/c1-26(20-22-31-27(2)21-23-32(34)33(31,3)4)24-25-35(28-14-8-5-9-15-28,29-16-10-6-11-17-29)30-18-12-7-13-19-30/h5-20,22,24H,21,23,25H2,1-4H3/q+1. The first-order chi connectivity index (χ1) is 16.9. The Kier molecular flexibility index (Phi) is 7.68. The topological polar surface area (TPSA) is 17.1 Å². The number of Topliss-reactive ketones (excluding diaryl/α,β-unsaturated/α-hetero) is 1. The van der Waals surface area contributed by atoms with E-state index < -0.39 is 12.7 Å². The summed E-state index contributed by atoms with van der Waals surface area (Å²) in [5, 5.41) is 4.17. The van der Waals surface area contributed by atoms with Crippen molar-refractivity contribution in [2.24, 2.45) is 5.41 Å². The first-order valence-corrected chi connectivity index (χ1v) is 14.5. The zero-order valence-corrected chi connectivity index (χ0v) is 22.3. The minimum Gasteiger partial charge on any atom is -0.299 e. The summed E-state index contributed by atoms with van der Waals surface area (Å²) < 4.78 is 0. The highest BCUT2D eigenvalue weighted by atomic mass is 31.2. The van der Waals surface area contributed by atoms with Gasteiger partial charge in [-0.05, 0) is 82.2 Å². The Labute approximate surface area is 211 Å². The average Bonchev–Trinajstić information content (AvgIpc) is 2.88. The third kappa shape index (κ3) is 5.16. The fourth-order valence-corrected chi connectivity index (χ4v) is 9.29. The number of carbonyl (C=O) groups is 1. The SMILES string of the molecule is CC(C=CC1=C(C)CCC(=O)C1(C)C)=CC[P+](c1ccccc1)(c1ccccc1)c1ccccc1. The van der Waals surface area contributed by atoms with E-state index in [1.807, 2.05) is 0 Å². The fourth-order valence-electron chi connectivity index (χ4n) is 5.16. The molecule has 1 aliphatic carbocycles. The van der Waals surface area contributed by atoms with Crippen LogP contribution in [0.2, 0.25) is 0 Å². The van der Waals surface area contributed by atoms with Crippen LogP contribution in [0.25, 0.3) is 0 Å². The molecule has 0 fully saturated rings. The van der Waals surface area contributed by atoms with E-state index in [2.05, 4.69) is 137 Å². The first kappa shape index (κ1) is 25.1. The van der Waals surface area contributed by atoms with Crippen LogP contribution < -0.4 is 15.9 Å². The van der Waals surface area contributed by atoms with E-state index in [-0.39, 0.29) is 0 Å². The molecule has 3 aromatic rings. The van der Waals surface area contributed by atoms with Crippen LogP contribution >= 0.6 is 7.26 Å². The molecule has 0 spiro atoms. The molecule has 0 atom stereocenters. The van der Waals surface area contributed by atoms with Crippen molar-refractivity contribution >= 4 is 29.0 Å². The predicted molar refractivity (Wildman–Crippen MR) is 154 cm³/mol. The molecule has 0 heterocycles. The van der Waals surface area contributed by atoms with Crippen LogP contribution in [0.3, 0.4) is 0 Å². The minimum atomic E-state index is -1.89. The molecule has 1 nitrogen and oxygen atoms in total. The maximum absolute atomic E-state index is 12.6. The Bertz CT molecular complexity index is 1150. The molecule has 4 rings (SSSR count). The molecule has 0 unspecified atom stereocenters. The quantitative estimate of drug-likeness (QED) is 0.259. The number of rotatable bonds is 7. The molecule has 0 radical (unpaired) electrons. The van der Waals surface area contributed by atoms with Crippen LogP contribution in [-0.4, -0.2) is 11.9 Å². The van der Waals surface area contributed by atoms with Gasteiger partial charge >= 0.3 is 0 Å². The molecule has 178 valence electrons. The molecule has 0 aliphatic heterocycles. The van der Waals surface area contributed by atoms with Crippen LogP contribution in [0.4, 0.5) is 0 Å². The van der Waals surface area contributed by atoms with E-state index in [1.54, 1.807) is 0 Å². The Morgan fingerprint density at radius 3 is 1.71 bits per heavy atom. The lowest BCUT2D eigenvalue weighted by Crippen LogP contribution is -2.33. The van der Waals surface area contributed by atoms with E-state index in [0.29, 0.717) is 12.2 Å². The van der Waals surface area contributed by atoms with Crippen LogP contribution in [-0.2, 0) is 4.79 Å². The second-order valence-corrected chi connectivity index (χ2v) is 13.6. The Hall–Kier alpha value is -3.02. The maximum atomic E-state index is 12.6. The van der Waals surface area contributed by atoms with Crippen LogP contribution in [0, 0.1) is 5.41 Å². The van der Waals surface area contributed by atoms with E-state index >= 15 is 0 Å². The Morgan fingerprint density at radius 1 is 0.800 bits per heavy atom. The van der Waals surface area contributed by atoms with Gasteiger partial charge in [0.2, 0.25) is 0 Å². The van der Waals surface area contributed by atoms with Crippen LogP contribution in [0.15, 0.2) is 126 Å². The molecule has 0 saturated heterocycles. The number of benzene rings is 3. The monoisotopic (exact) mass is 479 g/mol. The van der Waals surface area contributed by atoms with Crippen molar-refractivity contribution in [3.05, 3.63) is 126 Å². The van der Waals surface area contributed by atoms with E-state index in [4.69, 9.17) is 0 Å². The highest BCUT2D eigenvalue weighted by Crippen LogP contribution is 2.55. The van der Waals surface area contributed by atoms with Crippen molar-refractivity contribution in [2.45, 2.75) is 40.5 Å². The summed E-state index contributed by atoms with van der Waals surface area (Å²) in [6.45, 7) is 8.48. The number of allylic oxidation sites excluding steroid dienone is 6. The number of carbonyl (C=O) groups excluding carboxylic acids is 1. The van der Waals surface area contributed by atoms with Gasteiger partial charge in [-0.1, -0.05) is 77.9 Å². The smallest absolute Gasteiger partial charge is 0.143 e. The van der Waals surface area contributed by atoms with Gasteiger partial charge in [-0.2, -0.15) is 0 Å². The number of hydrogen-bond acceptors (Lipinski definition) is 1. The maximum Gasteiger partial charge on any atom is 0.143 e. The van der Waals surface area contributed by atoms with Gasteiger partial charge in [-0.25, -0.2) is 0 Å². The summed E-state index contributed by atoms with van der Waals surface area (Å²) >= 11 is 0. The van der Waals surface area contributed by atoms with E-state index in [1.165, 1.54) is 32.6 Å². The summed E-state index contributed by atoms with van der Waals surface area (Å²) in [5.41, 5.74) is 3.33. The van der Waals surface area contributed by atoms with Crippen molar-refractivity contribution in [1.29, 1.82) is 0 Å². The largest absolute Gasteiger partial charge is 0.299 e. The summed E-state index contributed by atoms with van der Waals surface area (Å²) in [6, 6.07) is 33.0. The highest BCUT2D eigenvalue weighted by molar-refractivity contribution is 7.95. The third-order valence-corrected chi connectivity index (χ3v) is 11.6. The van der Waals surface area contributed by atoms with Gasteiger partial charge in [0.1, 0.15) is 29.0 Å². The summed E-state index contributed by atoms with van der Waals surface area (Å²) in [5.74, 6) is 0.339. The lowest BCUT2D eigenvalue weighted by Gasteiger charge is -2.31. The molecule has 0 bridgehead atoms. The third-order valence-electron chi connectivity index (χ3n) is 7.35. The molecule has 35 heavy (non-hydrogen) atoms. The van der Waals surface area contributed by atoms with Gasteiger partial charge in [0.05, 0.1) is 6.16 Å². The Morgan fingerprint density at radius 2 is 1.26 bits per heavy atom. The molecule has 1 aliphatic rings. The number of ketones is 1. The van der Waals surface area contributed by atoms with Crippen molar-refractivity contribution in [3.8, 4) is 0 Å². The predicted octanol–water partition coefficient (Wildman–Crippen LogP) is 7.19. The second-order valence-electron chi connectivity index (χ2n) is 10.0. The zero-order valence-electron chi connectivity index (χ0n) is 21.4. The average molecular weight is 480 g/mol. The molecule has 0 amide bonds. The normalized spacial score (nSPS) is 16.7. The lowest BCUT2D eigenvalue weighted by molar-refractivity contribution is -0.125. The summed E-state index contributed by atoms with van der Waals surface area (Å²) in [4.78, 5) is 12.6. The minimum absolute atomic E-state index is 0.339. The fraction of sp³-hybridized carbons (Fsp3) is 0.242. The highest BCUT2D eigenvalue weighted by Gasteiger charge is 2.44. The summed E-state index contributed by atoms with van der Waals surface area (Å²) in [6.07, 6.45) is 9.26. The molecular weight excluding hydrogens is 443 g/mol. The van der Waals surface area contributed by atoms with Crippen LogP contribution in [0.1, 0.15) is 40.5 Å². The molecule has 0 aromatic heterocycles. The van der Waals surface area contributed by atoms with Gasteiger partial charge < -0.3 is 0 Å². The van der Waals surface area contributed by atoms with Gasteiger partial charge in [0.25, 0.3) is 0 Å².